The summed E-state index contributed by atoms with van der Waals surface area (Å²) in [5.74, 6) is -1.20. The molecule has 4 rings (SSSR count). The van der Waals surface area contributed by atoms with Crippen molar-refractivity contribution in [1.82, 2.24) is 10.4 Å². The van der Waals surface area contributed by atoms with Gasteiger partial charge in [-0.25, -0.2) is 19.2 Å². The summed E-state index contributed by atoms with van der Waals surface area (Å²) in [4.78, 5) is 0. The van der Waals surface area contributed by atoms with Crippen molar-refractivity contribution in [3.8, 4) is 0 Å². The molecule has 2 aliphatic rings. The van der Waals surface area contributed by atoms with Crippen LogP contribution in [0.3, 0.4) is 0 Å². The van der Waals surface area contributed by atoms with E-state index in [0.29, 0.717) is 22.7 Å². The molecule has 0 spiro atoms. The normalized spacial score (nSPS) is 26.8. The van der Waals surface area contributed by atoms with Crippen molar-refractivity contribution in [1.29, 1.82) is 0 Å². The standard InChI is InChI=1S/C18H17ClF2N2O/c19-11-3-1-2-10(6-11)16-4-5-23(22-16)18-14-7-12(20)8-15(21)13(14)9-17(18)24/h1-3,6-8,16-18,22,24H,4-5,9H2/t16?,17-,18-/m1/s1. The highest BCUT2D eigenvalue weighted by Gasteiger charge is 2.40. The van der Waals surface area contributed by atoms with Crippen LogP contribution in [0.4, 0.5) is 8.78 Å². The first-order valence-corrected chi connectivity index (χ1v) is 8.35. The van der Waals surface area contributed by atoms with Gasteiger partial charge in [-0.3, -0.25) is 0 Å². The number of fused-ring (bicyclic) bond motifs is 1. The lowest BCUT2D eigenvalue weighted by Gasteiger charge is -2.28. The van der Waals surface area contributed by atoms with Gasteiger partial charge in [0.15, 0.2) is 0 Å². The van der Waals surface area contributed by atoms with E-state index in [4.69, 9.17) is 11.6 Å². The van der Waals surface area contributed by atoms with Gasteiger partial charge in [0.2, 0.25) is 0 Å². The first-order valence-electron chi connectivity index (χ1n) is 7.97. The Morgan fingerprint density at radius 1 is 1.21 bits per heavy atom. The summed E-state index contributed by atoms with van der Waals surface area (Å²) in [5, 5.41) is 13.0. The highest BCUT2D eigenvalue weighted by atomic mass is 35.5. The SMILES string of the molecule is O[C@@H]1Cc2c(F)cc(F)cc2[C@H]1N1CCC(c2cccc(Cl)c2)N1. The smallest absolute Gasteiger partial charge is 0.129 e. The summed E-state index contributed by atoms with van der Waals surface area (Å²) < 4.78 is 27.6. The number of aliphatic hydroxyl groups excluding tert-OH is 1. The zero-order chi connectivity index (χ0) is 16.8. The molecule has 1 heterocycles. The number of halogens is 3. The predicted octanol–water partition coefficient (Wildman–Crippen LogP) is 3.53. The van der Waals surface area contributed by atoms with Crippen LogP contribution in [-0.2, 0) is 6.42 Å². The molecule has 1 fully saturated rings. The molecule has 0 radical (unpaired) electrons. The first-order chi connectivity index (χ1) is 11.5. The fraction of sp³-hybridized carbons (Fsp3) is 0.333. The molecule has 24 heavy (non-hydrogen) atoms. The highest BCUT2D eigenvalue weighted by Crippen LogP contribution is 2.40. The average molecular weight is 351 g/mol. The average Bonchev–Trinajstić information content (AvgIpc) is 3.11. The Morgan fingerprint density at radius 2 is 2.04 bits per heavy atom. The maximum Gasteiger partial charge on any atom is 0.129 e. The Hall–Kier alpha value is -1.53. The summed E-state index contributed by atoms with van der Waals surface area (Å²) in [6.45, 7) is 0.677. The molecule has 2 aromatic rings. The van der Waals surface area contributed by atoms with Gasteiger partial charge in [-0.1, -0.05) is 23.7 Å². The van der Waals surface area contributed by atoms with Gasteiger partial charge in [-0.2, -0.15) is 0 Å². The molecule has 1 aliphatic carbocycles. The minimum absolute atomic E-state index is 0.0679. The van der Waals surface area contributed by atoms with Crippen LogP contribution in [0.5, 0.6) is 0 Å². The molecule has 0 amide bonds. The zero-order valence-electron chi connectivity index (χ0n) is 12.8. The second-order valence-electron chi connectivity index (χ2n) is 6.39. The van der Waals surface area contributed by atoms with Crippen LogP contribution in [0, 0.1) is 11.6 Å². The fourth-order valence-electron chi connectivity index (χ4n) is 3.79. The zero-order valence-corrected chi connectivity index (χ0v) is 13.6. The molecule has 2 aromatic carbocycles. The molecular weight excluding hydrogens is 334 g/mol. The molecule has 3 nitrogen and oxygen atoms in total. The van der Waals surface area contributed by atoms with E-state index in [9.17, 15) is 13.9 Å². The number of hydrazine groups is 1. The van der Waals surface area contributed by atoms with E-state index >= 15 is 0 Å². The second-order valence-corrected chi connectivity index (χ2v) is 6.83. The quantitative estimate of drug-likeness (QED) is 0.869. The van der Waals surface area contributed by atoms with E-state index in [1.807, 2.05) is 29.3 Å². The minimum atomic E-state index is -0.762. The van der Waals surface area contributed by atoms with Crippen molar-refractivity contribution < 1.29 is 13.9 Å². The van der Waals surface area contributed by atoms with Crippen LogP contribution in [0.1, 0.15) is 35.2 Å². The summed E-state index contributed by atoms with van der Waals surface area (Å²) in [7, 11) is 0. The predicted molar refractivity (Wildman–Crippen MR) is 87.5 cm³/mol. The molecule has 1 saturated heterocycles. The van der Waals surface area contributed by atoms with Gasteiger partial charge < -0.3 is 5.11 Å². The lowest BCUT2D eigenvalue weighted by atomic mass is 10.1. The minimum Gasteiger partial charge on any atom is -0.391 e. The molecule has 0 bridgehead atoms. The molecule has 0 saturated carbocycles. The van der Waals surface area contributed by atoms with Crippen LogP contribution in [0.25, 0.3) is 0 Å². The number of aliphatic hydroxyl groups is 1. The molecular formula is C18H17ClF2N2O. The molecule has 126 valence electrons. The third kappa shape index (κ3) is 2.71. The Labute approximate surface area is 143 Å². The van der Waals surface area contributed by atoms with Gasteiger partial charge in [0.05, 0.1) is 12.1 Å². The number of benzene rings is 2. The Morgan fingerprint density at radius 3 is 2.83 bits per heavy atom. The summed E-state index contributed by atoms with van der Waals surface area (Å²) in [5.41, 5.74) is 5.35. The Bertz CT molecular complexity index is 786. The number of hydrogen-bond acceptors (Lipinski definition) is 3. The number of nitrogens with one attached hydrogen (secondary N) is 1. The van der Waals surface area contributed by atoms with Crippen LogP contribution in [0.15, 0.2) is 36.4 Å². The van der Waals surface area contributed by atoms with Crippen molar-refractivity contribution in [2.24, 2.45) is 0 Å². The van der Waals surface area contributed by atoms with Gasteiger partial charge in [0.1, 0.15) is 11.6 Å². The van der Waals surface area contributed by atoms with Gasteiger partial charge in [-0.05, 0) is 41.3 Å². The van der Waals surface area contributed by atoms with Crippen molar-refractivity contribution >= 4 is 11.6 Å². The van der Waals surface area contributed by atoms with E-state index < -0.39 is 23.8 Å². The van der Waals surface area contributed by atoms with Crippen LogP contribution < -0.4 is 5.43 Å². The van der Waals surface area contributed by atoms with Crippen LogP contribution >= 0.6 is 11.6 Å². The van der Waals surface area contributed by atoms with Crippen LogP contribution in [-0.4, -0.2) is 22.8 Å². The topological polar surface area (TPSA) is 35.5 Å². The Kier molecular flexibility index (Phi) is 4.04. The van der Waals surface area contributed by atoms with Gasteiger partial charge >= 0.3 is 0 Å². The molecule has 6 heteroatoms. The van der Waals surface area contributed by atoms with E-state index in [2.05, 4.69) is 5.43 Å². The van der Waals surface area contributed by atoms with E-state index in [1.54, 1.807) is 0 Å². The molecule has 2 N–H and O–H groups in total. The summed E-state index contributed by atoms with van der Waals surface area (Å²) >= 11 is 6.05. The monoisotopic (exact) mass is 350 g/mol. The Balaban J connectivity index is 1.60. The third-order valence-corrected chi connectivity index (χ3v) is 5.09. The van der Waals surface area contributed by atoms with Crippen molar-refractivity contribution in [3.63, 3.8) is 0 Å². The van der Waals surface area contributed by atoms with Crippen LogP contribution in [0.2, 0.25) is 5.02 Å². The number of hydrogen-bond donors (Lipinski definition) is 2. The van der Waals surface area contributed by atoms with Crippen molar-refractivity contribution in [2.45, 2.75) is 31.0 Å². The summed E-state index contributed by atoms with van der Waals surface area (Å²) in [6.07, 6.45) is 0.268. The fourth-order valence-corrected chi connectivity index (χ4v) is 3.99. The van der Waals surface area contributed by atoms with Gasteiger partial charge in [-0.15, -0.1) is 0 Å². The second kappa shape index (κ2) is 6.08. The molecule has 0 aromatic heterocycles. The molecule has 1 aliphatic heterocycles. The van der Waals surface area contributed by atoms with Gasteiger partial charge in [0, 0.05) is 30.1 Å². The summed E-state index contributed by atoms with van der Waals surface area (Å²) in [6, 6.07) is 9.43. The maximum absolute atomic E-state index is 14.0. The van der Waals surface area contributed by atoms with Gasteiger partial charge in [0.25, 0.3) is 0 Å². The highest BCUT2D eigenvalue weighted by molar-refractivity contribution is 6.30. The van der Waals surface area contributed by atoms with E-state index in [0.717, 1.165) is 18.1 Å². The lowest BCUT2D eigenvalue weighted by Crippen LogP contribution is -2.39. The molecule has 3 atom stereocenters. The number of rotatable bonds is 2. The van der Waals surface area contributed by atoms with Crippen molar-refractivity contribution in [3.05, 3.63) is 69.7 Å². The largest absolute Gasteiger partial charge is 0.391 e. The first kappa shape index (κ1) is 16.0. The van der Waals surface area contributed by atoms with E-state index in [1.165, 1.54) is 6.07 Å². The molecule has 1 unspecified atom stereocenters. The maximum atomic E-state index is 14.0. The number of nitrogens with zero attached hydrogens (tertiary/aromatic N) is 1. The lowest BCUT2D eigenvalue weighted by molar-refractivity contribution is 0.0450. The third-order valence-electron chi connectivity index (χ3n) is 4.86. The van der Waals surface area contributed by atoms with Crippen molar-refractivity contribution in [2.75, 3.05) is 6.54 Å². The van der Waals surface area contributed by atoms with E-state index in [-0.39, 0.29) is 12.5 Å².